The van der Waals surface area contributed by atoms with Crippen molar-refractivity contribution in [3.05, 3.63) is 0 Å². The zero-order chi connectivity index (χ0) is 11.6. The fourth-order valence-corrected chi connectivity index (χ4v) is 3.64. The van der Waals surface area contributed by atoms with Crippen molar-refractivity contribution in [1.82, 2.24) is 5.32 Å². The van der Waals surface area contributed by atoms with E-state index in [4.69, 9.17) is 21.1 Å². The highest BCUT2D eigenvalue weighted by molar-refractivity contribution is 6.22. The summed E-state index contributed by atoms with van der Waals surface area (Å²) < 4.78 is 11.5. The van der Waals surface area contributed by atoms with Crippen LogP contribution in [0.3, 0.4) is 0 Å². The van der Waals surface area contributed by atoms with Crippen molar-refractivity contribution in [2.75, 3.05) is 26.3 Å². The average molecular weight is 248 g/mol. The fourth-order valence-electron chi connectivity index (χ4n) is 3.14. The van der Waals surface area contributed by atoms with Crippen LogP contribution < -0.4 is 5.32 Å². The molecule has 16 heavy (non-hydrogen) atoms. The molecule has 0 aromatic heterocycles. The van der Waals surface area contributed by atoms with E-state index in [1.165, 1.54) is 0 Å². The summed E-state index contributed by atoms with van der Waals surface area (Å²) in [7, 11) is 0. The number of hydrogen-bond donors (Lipinski definition) is 1. The van der Waals surface area contributed by atoms with Gasteiger partial charge in [-0.3, -0.25) is 0 Å². The molecule has 2 rings (SSSR count). The molecule has 4 heteroatoms. The first-order chi connectivity index (χ1) is 7.69. The van der Waals surface area contributed by atoms with E-state index in [0.29, 0.717) is 13.2 Å². The van der Waals surface area contributed by atoms with E-state index in [2.05, 4.69) is 5.32 Å². The Labute approximate surface area is 103 Å². The van der Waals surface area contributed by atoms with Crippen LogP contribution in [0, 0.1) is 5.41 Å². The molecule has 1 N–H and O–H groups in total. The normalized spacial score (nSPS) is 31.3. The van der Waals surface area contributed by atoms with Crippen LogP contribution in [0.4, 0.5) is 0 Å². The van der Waals surface area contributed by atoms with E-state index in [9.17, 15) is 0 Å². The molecule has 1 heterocycles. The average Bonchev–Trinajstić information content (AvgIpc) is 2.30. The van der Waals surface area contributed by atoms with E-state index in [1.807, 2.05) is 13.8 Å². The Morgan fingerprint density at radius 2 is 1.75 bits per heavy atom. The molecule has 1 aliphatic heterocycles. The Morgan fingerprint density at radius 1 is 1.19 bits per heavy atom. The molecule has 3 nitrogen and oxygen atoms in total. The second-order valence-electron chi connectivity index (χ2n) is 4.83. The van der Waals surface area contributed by atoms with Gasteiger partial charge in [0.2, 0.25) is 0 Å². The molecule has 0 bridgehead atoms. The monoisotopic (exact) mass is 247 g/mol. The molecule has 2 aliphatic rings. The van der Waals surface area contributed by atoms with Gasteiger partial charge in [0.1, 0.15) is 0 Å². The third-order valence-electron chi connectivity index (χ3n) is 3.90. The summed E-state index contributed by atoms with van der Waals surface area (Å²) >= 11 is 6.59. The minimum atomic E-state index is -0.512. The van der Waals surface area contributed by atoms with Crippen molar-refractivity contribution in [3.63, 3.8) is 0 Å². The summed E-state index contributed by atoms with van der Waals surface area (Å²) in [5, 5.41) is 3.38. The largest absolute Gasteiger partial charge is 0.349 e. The quantitative estimate of drug-likeness (QED) is 0.610. The van der Waals surface area contributed by atoms with Gasteiger partial charge in [-0.2, -0.15) is 0 Å². The van der Waals surface area contributed by atoms with Gasteiger partial charge in [0, 0.05) is 19.6 Å². The van der Waals surface area contributed by atoms with E-state index >= 15 is 0 Å². The first kappa shape index (κ1) is 12.6. The SMILES string of the molecule is CCOC1(OCC)CC2(CCNCC2)C1Cl. The molecule has 1 atom stereocenters. The molecule has 2 fully saturated rings. The fraction of sp³-hybridized carbons (Fsp3) is 1.00. The van der Waals surface area contributed by atoms with Gasteiger partial charge in [0.05, 0.1) is 5.38 Å². The van der Waals surface area contributed by atoms with Gasteiger partial charge in [-0.1, -0.05) is 0 Å². The number of nitrogens with one attached hydrogen (secondary N) is 1. The zero-order valence-corrected chi connectivity index (χ0v) is 11.0. The van der Waals surface area contributed by atoms with Crippen molar-refractivity contribution in [1.29, 1.82) is 0 Å². The van der Waals surface area contributed by atoms with Crippen molar-refractivity contribution in [3.8, 4) is 0 Å². The Morgan fingerprint density at radius 3 is 2.19 bits per heavy atom. The maximum absolute atomic E-state index is 6.59. The standard InChI is InChI=1S/C12H22ClNO2/c1-3-15-12(16-4-2)9-11(10(12)13)5-7-14-8-6-11/h10,14H,3-9H2,1-2H3. The Kier molecular flexibility index (Phi) is 3.79. The van der Waals surface area contributed by atoms with Crippen LogP contribution in [0.5, 0.6) is 0 Å². The van der Waals surface area contributed by atoms with Gasteiger partial charge < -0.3 is 14.8 Å². The molecule has 0 radical (unpaired) electrons. The Balaban J connectivity index is 2.03. The van der Waals surface area contributed by atoms with Crippen molar-refractivity contribution in [2.45, 2.75) is 44.3 Å². The van der Waals surface area contributed by atoms with E-state index in [0.717, 1.165) is 32.4 Å². The third kappa shape index (κ3) is 1.88. The molecule has 94 valence electrons. The summed E-state index contributed by atoms with van der Waals surface area (Å²) in [6.07, 6.45) is 3.24. The minimum absolute atomic E-state index is 0.00185. The predicted octanol–water partition coefficient (Wildman–Crippen LogP) is 2.14. The lowest BCUT2D eigenvalue weighted by Gasteiger charge is -2.60. The van der Waals surface area contributed by atoms with Crippen molar-refractivity contribution >= 4 is 11.6 Å². The maximum atomic E-state index is 6.59. The van der Waals surface area contributed by atoms with Gasteiger partial charge in [-0.25, -0.2) is 0 Å². The molecular weight excluding hydrogens is 226 g/mol. The Bertz CT molecular complexity index is 235. The van der Waals surface area contributed by atoms with Gasteiger partial charge in [0.25, 0.3) is 0 Å². The van der Waals surface area contributed by atoms with Crippen molar-refractivity contribution in [2.24, 2.45) is 5.41 Å². The van der Waals surface area contributed by atoms with Gasteiger partial charge in [-0.05, 0) is 45.2 Å². The predicted molar refractivity (Wildman–Crippen MR) is 64.8 cm³/mol. The second-order valence-corrected chi connectivity index (χ2v) is 5.27. The molecule has 0 amide bonds. The maximum Gasteiger partial charge on any atom is 0.185 e. The lowest BCUT2D eigenvalue weighted by Crippen LogP contribution is -2.67. The molecule has 0 aromatic rings. The van der Waals surface area contributed by atoms with Gasteiger partial charge in [0.15, 0.2) is 5.79 Å². The van der Waals surface area contributed by atoms with Crippen LogP contribution in [-0.2, 0) is 9.47 Å². The van der Waals surface area contributed by atoms with Crippen LogP contribution in [0.15, 0.2) is 0 Å². The summed E-state index contributed by atoms with van der Waals surface area (Å²) in [5.74, 6) is -0.512. The van der Waals surface area contributed by atoms with Crippen LogP contribution in [0.2, 0.25) is 0 Å². The smallest absolute Gasteiger partial charge is 0.185 e. The first-order valence-electron chi connectivity index (χ1n) is 6.32. The molecule has 1 saturated carbocycles. The van der Waals surface area contributed by atoms with E-state index in [-0.39, 0.29) is 10.8 Å². The lowest BCUT2D eigenvalue weighted by molar-refractivity contribution is -0.314. The lowest BCUT2D eigenvalue weighted by atomic mass is 9.59. The highest BCUT2D eigenvalue weighted by atomic mass is 35.5. The molecule has 1 aliphatic carbocycles. The van der Waals surface area contributed by atoms with Gasteiger partial charge >= 0.3 is 0 Å². The molecule has 1 spiro atoms. The van der Waals surface area contributed by atoms with Crippen LogP contribution in [-0.4, -0.2) is 37.5 Å². The summed E-state index contributed by atoms with van der Waals surface area (Å²) in [5.41, 5.74) is 0.247. The van der Waals surface area contributed by atoms with Crippen LogP contribution in [0.25, 0.3) is 0 Å². The summed E-state index contributed by atoms with van der Waals surface area (Å²) in [6.45, 7) is 7.46. The summed E-state index contributed by atoms with van der Waals surface area (Å²) in [4.78, 5) is 0. The molecule has 0 aromatic carbocycles. The summed E-state index contributed by atoms with van der Waals surface area (Å²) in [6, 6.07) is 0. The molecule has 1 unspecified atom stereocenters. The number of piperidine rings is 1. The second kappa shape index (κ2) is 4.81. The number of hydrogen-bond acceptors (Lipinski definition) is 3. The highest BCUT2D eigenvalue weighted by Crippen LogP contribution is 2.59. The molecular formula is C12H22ClNO2. The Hall–Kier alpha value is 0.170. The topological polar surface area (TPSA) is 30.5 Å². The number of ether oxygens (including phenoxy) is 2. The number of rotatable bonds is 4. The van der Waals surface area contributed by atoms with Crippen LogP contribution >= 0.6 is 11.6 Å². The minimum Gasteiger partial charge on any atom is -0.349 e. The number of alkyl halides is 1. The van der Waals surface area contributed by atoms with Crippen molar-refractivity contribution < 1.29 is 9.47 Å². The van der Waals surface area contributed by atoms with E-state index < -0.39 is 5.79 Å². The van der Waals surface area contributed by atoms with E-state index in [1.54, 1.807) is 0 Å². The van der Waals surface area contributed by atoms with Gasteiger partial charge in [-0.15, -0.1) is 11.6 Å². The van der Waals surface area contributed by atoms with Crippen LogP contribution in [0.1, 0.15) is 33.1 Å². The molecule has 1 saturated heterocycles. The highest BCUT2D eigenvalue weighted by Gasteiger charge is 2.64. The zero-order valence-electron chi connectivity index (χ0n) is 10.2. The third-order valence-corrected chi connectivity index (χ3v) is 4.69. The number of halogens is 1. The first-order valence-corrected chi connectivity index (χ1v) is 6.75.